The first-order valence-electron chi connectivity index (χ1n) is 24.7. The van der Waals surface area contributed by atoms with Gasteiger partial charge in [0.2, 0.25) is 5.78 Å². The molecule has 9 N–H and O–H groups in total. The summed E-state index contributed by atoms with van der Waals surface area (Å²) in [5.41, 5.74) is 9.59. The van der Waals surface area contributed by atoms with E-state index in [0.717, 1.165) is 7.11 Å². The van der Waals surface area contributed by atoms with E-state index in [9.17, 15) is 24.6 Å². The fraction of sp³-hybridized carbons (Fsp3) is 0.577. The van der Waals surface area contributed by atoms with Crippen molar-refractivity contribution in [2.45, 2.75) is 138 Å². The number of aliphatic hydroxyl groups is 2. The number of methoxy groups -OCH3 is 5. The number of rotatable bonds is 21. The number of esters is 1. The predicted molar refractivity (Wildman–Crippen MR) is 289 cm³/mol. The molecule has 3 aliphatic heterocycles. The molecule has 78 heavy (non-hydrogen) atoms. The first-order valence-corrected chi connectivity index (χ1v) is 28.8. The fourth-order valence-corrected chi connectivity index (χ4v) is 11.5. The molecule has 1 aromatic carbocycles. The van der Waals surface area contributed by atoms with Crippen LogP contribution in [0.25, 0.3) is 0 Å². The monoisotopic (exact) mass is 1150 g/mol. The van der Waals surface area contributed by atoms with E-state index in [-0.39, 0.29) is 83.0 Å². The Morgan fingerprint density at radius 2 is 1.63 bits per heavy atom. The zero-order valence-corrected chi connectivity index (χ0v) is 47.3. The number of Topliss-reactive ketones (excluding diaryl/α,β-unsaturated/α-hetero) is 1. The average Bonchev–Trinajstić information content (AvgIpc) is 3.56. The van der Waals surface area contributed by atoms with Crippen LogP contribution < -0.4 is 36.9 Å². The molecule has 23 nitrogen and oxygen atoms in total. The van der Waals surface area contributed by atoms with Gasteiger partial charge in [0.15, 0.2) is 47.8 Å². The molecule has 0 radical (unpaired) electrons. The highest BCUT2D eigenvalue weighted by Crippen LogP contribution is 2.44. The Balaban J connectivity index is 1.40. The number of nitrogens with two attached hydrogens (primary N) is 2. The molecule has 0 saturated carbocycles. The highest BCUT2D eigenvalue weighted by atomic mass is 33.5. The Bertz CT molecular complexity index is 2580. The Labute approximate surface area is 465 Å². The number of hydrogen-bond acceptors (Lipinski definition) is 24. The van der Waals surface area contributed by atoms with Crippen LogP contribution in [0, 0.1) is 23.7 Å². The predicted octanol–water partition coefficient (Wildman–Crippen LogP) is 2.59. The van der Waals surface area contributed by atoms with Crippen molar-refractivity contribution in [2.24, 2.45) is 11.5 Å². The summed E-state index contributed by atoms with van der Waals surface area (Å²) < 4.78 is 71.1. The minimum absolute atomic E-state index is 0.0478. The zero-order chi connectivity index (χ0) is 57.0. The van der Waals surface area contributed by atoms with Crippen LogP contribution in [-0.4, -0.2) is 186 Å². The van der Waals surface area contributed by atoms with Crippen LogP contribution in [0.4, 0.5) is 10.5 Å². The Kier molecular flexibility index (Phi) is 22.8. The van der Waals surface area contributed by atoms with Crippen LogP contribution in [0.2, 0.25) is 0 Å². The lowest BCUT2D eigenvalue weighted by molar-refractivity contribution is -0.323. The van der Waals surface area contributed by atoms with E-state index in [4.69, 9.17) is 68.3 Å². The lowest BCUT2D eigenvalue weighted by atomic mass is 9.73. The fourth-order valence-electron chi connectivity index (χ4n) is 9.09. The van der Waals surface area contributed by atoms with Gasteiger partial charge in [0.05, 0.1) is 88.4 Å². The molecule has 26 heteroatoms. The number of ether oxygens (including phenoxy) is 12. The van der Waals surface area contributed by atoms with Crippen LogP contribution >= 0.6 is 31.4 Å². The quantitative estimate of drug-likeness (QED) is 0.0232. The van der Waals surface area contributed by atoms with E-state index in [1.165, 1.54) is 77.0 Å². The van der Waals surface area contributed by atoms with Crippen molar-refractivity contribution in [1.29, 1.82) is 0 Å². The third-order valence-electron chi connectivity index (χ3n) is 13.2. The molecular formula is C52H69N5O18S3. The number of allylic oxidation sites excluding steroid dienone is 2. The number of carbonyl (C=O) groups is 4. The smallest absolute Gasteiger partial charge is 0.411 e. The van der Waals surface area contributed by atoms with E-state index in [0.29, 0.717) is 0 Å². The Hall–Kier alpha value is -4.85. The molecule has 3 heterocycles. The molecular weight excluding hydrogens is 1080 g/mol. The SMILES string of the molecule is C=C(OC)C(=O)Nc1cc(OC)c(OC)cc1C(=O)O[C@@H]1C[C@@H](O[C@@H]2C(=O)C(NC(=O)OC)=C3/C(=C\CSSSC)[C@]2(O)C#C/C=C\C#CC3O[C@@H]2O[C@H](C)[C@@H](N)[C@H](O)[C@H]2OC2C[C@H](OC)[C@@H](NC(C)C)CO2)O[C@H](C)[C@@H]1N. The summed E-state index contributed by atoms with van der Waals surface area (Å²) in [6.45, 7) is 11.0. The zero-order valence-electron chi connectivity index (χ0n) is 44.9. The number of ketones is 1. The number of aliphatic hydroxyl groups excluding tert-OH is 1. The second kappa shape index (κ2) is 28.5. The van der Waals surface area contributed by atoms with E-state index in [1.54, 1.807) is 27.0 Å². The lowest BCUT2D eigenvalue weighted by Gasteiger charge is -2.46. The van der Waals surface area contributed by atoms with E-state index < -0.39 is 109 Å². The van der Waals surface area contributed by atoms with Gasteiger partial charge in [-0.2, -0.15) is 0 Å². The summed E-state index contributed by atoms with van der Waals surface area (Å²) in [6, 6.07) is 0.675. The highest BCUT2D eigenvalue weighted by molar-refractivity contribution is 9.09. The second-order valence-corrected chi connectivity index (χ2v) is 22.9. The van der Waals surface area contributed by atoms with Gasteiger partial charge < -0.3 is 89.2 Å². The number of fused-ring (bicyclic) bond motifs is 2. The third-order valence-corrected chi connectivity index (χ3v) is 16.9. The van der Waals surface area contributed by atoms with E-state index in [2.05, 4.69) is 46.2 Å². The number of amides is 2. The number of anilines is 1. The van der Waals surface area contributed by atoms with Crippen LogP contribution in [0.1, 0.15) is 50.9 Å². The van der Waals surface area contributed by atoms with Crippen LogP contribution in [-0.2, 0) is 57.0 Å². The van der Waals surface area contributed by atoms with Crippen LogP contribution in [0.3, 0.4) is 0 Å². The molecule has 2 amide bonds. The van der Waals surface area contributed by atoms with E-state index in [1.807, 2.05) is 20.1 Å². The molecule has 2 bridgehead atoms. The molecule has 6 rings (SSSR count). The first-order chi connectivity index (χ1) is 37.2. The summed E-state index contributed by atoms with van der Waals surface area (Å²) in [5, 5.41) is 33.6. The van der Waals surface area contributed by atoms with Crippen molar-refractivity contribution < 1.29 is 86.2 Å². The summed E-state index contributed by atoms with van der Waals surface area (Å²) in [5.74, 6) is 8.91. The Morgan fingerprint density at radius 1 is 0.936 bits per heavy atom. The molecule has 0 aromatic heterocycles. The summed E-state index contributed by atoms with van der Waals surface area (Å²) in [7, 11) is 10.9. The molecule has 428 valence electrons. The Morgan fingerprint density at radius 3 is 2.29 bits per heavy atom. The molecule has 3 fully saturated rings. The minimum atomic E-state index is -2.58. The largest absolute Gasteiger partial charge is 0.493 e. The van der Waals surface area contributed by atoms with Crippen molar-refractivity contribution in [2.75, 3.05) is 59.5 Å². The van der Waals surface area contributed by atoms with Crippen LogP contribution in [0.5, 0.6) is 11.5 Å². The third kappa shape index (κ3) is 14.7. The molecule has 1 aromatic rings. The van der Waals surface area contributed by atoms with Gasteiger partial charge in [-0.15, -0.1) is 0 Å². The van der Waals surface area contributed by atoms with Crippen molar-refractivity contribution in [3.63, 3.8) is 0 Å². The van der Waals surface area contributed by atoms with Crippen molar-refractivity contribution in [1.82, 2.24) is 10.6 Å². The van der Waals surface area contributed by atoms with Gasteiger partial charge in [-0.1, -0.05) is 71.8 Å². The molecule has 2 unspecified atom stereocenters. The normalized spacial score (nSPS) is 32.6. The van der Waals surface area contributed by atoms with E-state index >= 15 is 4.79 Å². The number of alkyl carbamates (subject to hydrolysis) is 1. The molecule has 2 aliphatic carbocycles. The van der Waals surface area contributed by atoms with Gasteiger partial charge >= 0.3 is 12.1 Å². The maximum absolute atomic E-state index is 15.4. The summed E-state index contributed by atoms with van der Waals surface area (Å²) in [4.78, 5) is 55.9. The van der Waals surface area contributed by atoms with Crippen molar-refractivity contribution >= 4 is 60.9 Å². The number of benzene rings is 1. The maximum Gasteiger partial charge on any atom is 0.411 e. The number of hydrogen-bond donors (Lipinski definition) is 7. The van der Waals surface area contributed by atoms with Gasteiger partial charge in [-0.3, -0.25) is 14.9 Å². The van der Waals surface area contributed by atoms with Crippen molar-refractivity contribution in [3.05, 3.63) is 65.1 Å². The highest BCUT2D eigenvalue weighted by Gasteiger charge is 2.56. The first kappa shape index (κ1) is 62.3. The standard InChI is InChI=1S/C52H69N5O18S3/c1-25(2)55-32-24-69-38(22-34(32)65-7)74-46-44(58)42(54)27(4)71-50(46)73-33-16-14-12-13-15-18-52(63)30(17-19-77-78-76-11)40(33)43(57-51(62)68-10)45(59)47(52)75-39-23-37(41(53)26(3)70-39)72-49(61)29-20-35(66-8)36(67-9)21-31(29)56-48(60)28(5)64-6/h12-13,17,20-21,25-27,32-34,37-39,41-42,44,46-47,50,55,58,63H,5,19,22-24,53-54H2,1-4,6-11H3,(H,56,60)(H,57,62)/b13-12-,30-17+/t26-,27-,32+,33?,34+,37-,38?,39-,41+,42-,44+,46-,47-,50+,52-/m1/s1. The van der Waals surface area contributed by atoms with Crippen LogP contribution in [0.15, 0.2) is 59.5 Å². The van der Waals surface area contributed by atoms with Gasteiger partial charge in [-0.25, -0.2) is 9.59 Å². The van der Waals surface area contributed by atoms with Gasteiger partial charge in [-0.05, 0) is 42.1 Å². The van der Waals surface area contributed by atoms with Crippen molar-refractivity contribution in [3.8, 4) is 35.2 Å². The summed E-state index contributed by atoms with van der Waals surface area (Å²) >= 11 is 0. The average molecular weight is 1150 g/mol. The van der Waals surface area contributed by atoms with Gasteiger partial charge in [0, 0.05) is 55.0 Å². The van der Waals surface area contributed by atoms with Gasteiger partial charge in [0.25, 0.3) is 5.91 Å². The molecule has 0 spiro atoms. The lowest BCUT2D eigenvalue weighted by Crippen LogP contribution is -2.64. The number of nitrogens with one attached hydrogen (secondary N) is 3. The molecule has 15 atom stereocenters. The minimum Gasteiger partial charge on any atom is -0.493 e. The van der Waals surface area contributed by atoms with Gasteiger partial charge in [0.1, 0.15) is 24.4 Å². The summed E-state index contributed by atoms with van der Waals surface area (Å²) in [6.07, 6.45) is -8.39. The molecule has 3 saturated heterocycles. The second-order valence-electron chi connectivity index (χ2n) is 18.5. The maximum atomic E-state index is 15.4. The topological polar surface area (TPSA) is 308 Å². The number of carbonyl (C=O) groups excluding carboxylic acids is 4. The molecule has 5 aliphatic rings.